The van der Waals surface area contributed by atoms with Gasteiger partial charge in [-0.05, 0) is 31.2 Å². The lowest BCUT2D eigenvalue weighted by atomic mass is 10.3. The molecule has 0 saturated carbocycles. The highest BCUT2D eigenvalue weighted by atomic mass is 32.2. The molecule has 0 spiro atoms. The first-order valence-electron chi connectivity index (χ1n) is 5.74. The molecule has 1 aliphatic rings. The summed E-state index contributed by atoms with van der Waals surface area (Å²) in [4.78, 5) is 4.21. The van der Waals surface area contributed by atoms with E-state index >= 15 is 0 Å². The van der Waals surface area contributed by atoms with Crippen molar-refractivity contribution in [2.45, 2.75) is 17.2 Å². The van der Waals surface area contributed by atoms with Crippen LogP contribution in [0.4, 0.5) is 0 Å². The average Bonchev–Trinajstić information content (AvgIpc) is 2.40. The van der Waals surface area contributed by atoms with E-state index in [1.807, 2.05) is 18.2 Å². The summed E-state index contributed by atoms with van der Waals surface area (Å²) in [5.41, 5.74) is 0. The Labute approximate surface area is 111 Å². The molecule has 3 nitrogen and oxygen atoms in total. The third-order valence-corrected chi connectivity index (χ3v) is 3.35. The van der Waals surface area contributed by atoms with Crippen molar-refractivity contribution in [1.29, 1.82) is 0 Å². The highest BCUT2D eigenvalue weighted by molar-refractivity contribution is 8.00. The van der Waals surface area contributed by atoms with Gasteiger partial charge in [-0.1, -0.05) is 30.0 Å². The molecule has 0 saturated heterocycles. The van der Waals surface area contributed by atoms with E-state index in [0.29, 0.717) is 11.0 Å². The highest BCUT2D eigenvalue weighted by Gasteiger charge is 2.16. The van der Waals surface area contributed by atoms with Crippen LogP contribution in [-0.2, 0) is 0 Å². The van der Waals surface area contributed by atoms with E-state index < -0.39 is 0 Å². The number of thioether (sulfide) groups is 1. The Hall–Kier alpha value is -1.68. The van der Waals surface area contributed by atoms with Gasteiger partial charge < -0.3 is 9.84 Å². The number of ether oxygens (including phenoxy) is 1. The molecule has 1 atom stereocenters. The van der Waals surface area contributed by atoms with Crippen molar-refractivity contribution in [3.8, 4) is 11.5 Å². The van der Waals surface area contributed by atoms with Crippen molar-refractivity contribution in [3.05, 3.63) is 48.7 Å². The number of pyridine rings is 1. The van der Waals surface area contributed by atoms with E-state index in [0.717, 1.165) is 17.4 Å². The Morgan fingerprint density at radius 3 is 2.67 bits per heavy atom. The molecule has 18 heavy (non-hydrogen) atoms. The molecule has 0 radical (unpaired) electrons. The van der Waals surface area contributed by atoms with Crippen LogP contribution in [0, 0.1) is 0 Å². The van der Waals surface area contributed by atoms with Crippen molar-refractivity contribution in [1.82, 2.24) is 4.98 Å². The van der Waals surface area contributed by atoms with Gasteiger partial charge >= 0.3 is 0 Å². The largest absolute Gasteiger partial charge is 0.508 e. The quantitative estimate of drug-likeness (QED) is 0.789. The molecule has 0 fully saturated rings. The van der Waals surface area contributed by atoms with Crippen LogP contribution in [0.3, 0.4) is 0 Å². The topological polar surface area (TPSA) is 42.4 Å². The van der Waals surface area contributed by atoms with E-state index in [1.54, 1.807) is 42.2 Å². The van der Waals surface area contributed by atoms with Gasteiger partial charge in [0.2, 0.25) is 0 Å². The molecule has 2 aromatic rings. The van der Waals surface area contributed by atoms with Crippen LogP contribution < -0.4 is 4.74 Å². The van der Waals surface area contributed by atoms with Gasteiger partial charge in [0.1, 0.15) is 17.4 Å². The van der Waals surface area contributed by atoms with Gasteiger partial charge in [-0.25, -0.2) is 4.98 Å². The fourth-order valence-corrected chi connectivity index (χ4v) is 2.32. The number of hydrogen-bond donors (Lipinski definition) is 1. The second-order valence-corrected chi connectivity index (χ2v) is 5.31. The van der Waals surface area contributed by atoms with Gasteiger partial charge in [0.05, 0.1) is 0 Å². The van der Waals surface area contributed by atoms with E-state index in [4.69, 9.17) is 9.84 Å². The van der Waals surface area contributed by atoms with Gasteiger partial charge in [-0.2, -0.15) is 0 Å². The normalized spacial score (nSPS) is 16.8. The van der Waals surface area contributed by atoms with E-state index in [-0.39, 0.29) is 0 Å². The maximum atomic E-state index is 8.63. The molecule has 94 valence electrons. The van der Waals surface area contributed by atoms with Crippen LogP contribution in [0.2, 0.25) is 0 Å². The molecule has 1 aromatic carbocycles. The van der Waals surface area contributed by atoms with Crippen molar-refractivity contribution >= 4 is 11.8 Å². The number of aromatic nitrogens is 1. The Morgan fingerprint density at radius 1 is 1.22 bits per heavy atom. The molecular formula is C14H15NO2S. The van der Waals surface area contributed by atoms with Crippen LogP contribution in [0.1, 0.15) is 6.92 Å². The fourth-order valence-electron chi connectivity index (χ4n) is 1.43. The van der Waals surface area contributed by atoms with Crippen LogP contribution in [0.15, 0.2) is 53.7 Å². The van der Waals surface area contributed by atoms with Crippen LogP contribution >= 0.6 is 11.8 Å². The number of fused-ring (bicyclic) bond motifs is 1. The molecule has 3 rings (SSSR count). The SMILES string of the molecule is CC1COc2cccnc2S1.Oc1ccccc1. The predicted molar refractivity (Wildman–Crippen MR) is 73.2 cm³/mol. The number of hydrogen-bond acceptors (Lipinski definition) is 4. The monoisotopic (exact) mass is 261 g/mol. The highest BCUT2D eigenvalue weighted by Crippen LogP contribution is 2.34. The lowest BCUT2D eigenvalue weighted by Crippen LogP contribution is -2.15. The summed E-state index contributed by atoms with van der Waals surface area (Å²) in [5, 5.41) is 10.2. The first-order valence-corrected chi connectivity index (χ1v) is 6.62. The second-order valence-electron chi connectivity index (χ2n) is 3.88. The number of rotatable bonds is 0. The van der Waals surface area contributed by atoms with Crippen molar-refractivity contribution < 1.29 is 9.84 Å². The third-order valence-electron chi connectivity index (χ3n) is 2.28. The smallest absolute Gasteiger partial charge is 0.151 e. The zero-order chi connectivity index (χ0) is 12.8. The molecule has 0 bridgehead atoms. The molecule has 1 unspecified atom stereocenters. The van der Waals surface area contributed by atoms with Crippen LogP contribution in [0.5, 0.6) is 11.5 Å². The van der Waals surface area contributed by atoms with Gasteiger partial charge in [-0.3, -0.25) is 0 Å². The van der Waals surface area contributed by atoms with Gasteiger partial charge in [-0.15, -0.1) is 0 Å². The minimum atomic E-state index is 0.322. The molecule has 1 aliphatic heterocycles. The summed E-state index contributed by atoms with van der Waals surface area (Å²) in [6.45, 7) is 2.94. The van der Waals surface area contributed by atoms with Crippen LogP contribution in [0.25, 0.3) is 0 Å². The minimum absolute atomic E-state index is 0.322. The zero-order valence-electron chi connectivity index (χ0n) is 10.1. The number of para-hydroxylation sites is 1. The lowest BCUT2D eigenvalue weighted by Gasteiger charge is -2.20. The van der Waals surface area contributed by atoms with Gasteiger partial charge in [0, 0.05) is 11.4 Å². The first-order chi connectivity index (χ1) is 8.75. The van der Waals surface area contributed by atoms with Crippen molar-refractivity contribution in [2.75, 3.05) is 6.61 Å². The Balaban J connectivity index is 0.000000149. The van der Waals surface area contributed by atoms with E-state index in [9.17, 15) is 0 Å². The molecule has 0 amide bonds. The first kappa shape index (κ1) is 12.8. The fraction of sp³-hybridized carbons (Fsp3) is 0.214. The van der Waals surface area contributed by atoms with Gasteiger partial charge in [0.25, 0.3) is 0 Å². The van der Waals surface area contributed by atoms with Crippen LogP contribution in [-0.4, -0.2) is 21.9 Å². The number of aromatic hydroxyl groups is 1. The third kappa shape index (κ3) is 3.67. The summed E-state index contributed by atoms with van der Waals surface area (Å²) in [7, 11) is 0. The summed E-state index contributed by atoms with van der Waals surface area (Å²) in [5.74, 6) is 1.25. The maximum Gasteiger partial charge on any atom is 0.151 e. The van der Waals surface area contributed by atoms with Crippen molar-refractivity contribution in [2.24, 2.45) is 0 Å². The standard InChI is InChI=1S/C8H9NOS.C6H6O/c1-6-5-10-7-3-2-4-9-8(7)11-6;7-6-4-2-1-3-5-6/h2-4,6H,5H2,1H3;1-5,7H. The average molecular weight is 261 g/mol. The van der Waals surface area contributed by atoms with Gasteiger partial charge in [0.15, 0.2) is 5.75 Å². The number of benzene rings is 1. The number of phenolic OH excluding ortho intramolecular Hbond substituents is 1. The molecule has 1 aromatic heterocycles. The lowest BCUT2D eigenvalue weighted by molar-refractivity contribution is 0.304. The summed E-state index contributed by atoms with van der Waals surface area (Å²) in [6.07, 6.45) is 1.80. The molecule has 1 N–H and O–H groups in total. The summed E-state index contributed by atoms with van der Waals surface area (Å²) in [6, 6.07) is 12.6. The Kier molecular flexibility index (Phi) is 4.47. The number of nitrogens with zero attached hydrogens (tertiary/aromatic N) is 1. The maximum absolute atomic E-state index is 8.63. The second kappa shape index (κ2) is 6.31. The van der Waals surface area contributed by atoms with E-state index in [1.165, 1.54) is 0 Å². The Morgan fingerprint density at radius 2 is 2.00 bits per heavy atom. The van der Waals surface area contributed by atoms with Crippen molar-refractivity contribution in [3.63, 3.8) is 0 Å². The molecule has 4 heteroatoms. The molecule has 0 aliphatic carbocycles. The molecular weight excluding hydrogens is 246 g/mol. The van der Waals surface area contributed by atoms with E-state index in [2.05, 4.69) is 11.9 Å². The Bertz CT molecular complexity index is 490. The summed E-state index contributed by atoms with van der Waals surface area (Å²) < 4.78 is 5.45. The minimum Gasteiger partial charge on any atom is -0.508 e. The molecule has 2 heterocycles. The predicted octanol–water partition coefficient (Wildman–Crippen LogP) is 3.35. The number of phenols is 1. The summed E-state index contributed by atoms with van der Waals surface area (Å²) >= 11 is 1.78. The zero-order valence-corrected chi connectivity index (χ0v) is 10.9.